The zero-order valence-corrected chi connectivity index (χ0v) is 55.7. The number of furan rings is 2. The molecular formula is C98H64N2O2. The average Bonchev–Trinajstić information content (AvgIpc) is 1.49. The monoisotopic (exact) mass is 1300 g/mol. The minimum absolute atomic E-state index is 0.771. The first-order valence-corrected chi connectivity index (χ1v) is 34.8. The highest BCUT2D eigenvalue weighted by molar-refractivity contribution is 6.24. The Kier molecular flexibility index (Phi) is 14.9. The summed E-state index contributed by atoms with van der Waals surface area (Å²) in [6.07, 6.45) is 0. The molecule has 0 spiro atoms. The van der Waals surface area contributed by atoms with Crippen LogP contribution in [0.3, 0.4) is 0 Å². The van der Waals surface area contributed by atoms with Gasteiger partial charge in [-0.05, 0) is 198 Å². The Bertz CT molecular complexity index is 6080. The van der Waals surface area contributed by atoms with E-state index in [9.17, 15) is 0 Å². The minimum Gasteiger partial charge on any atom is -0.456 e. The Morgan fingerprint density at radius 3 is 0.814 bits per heavy atom. The maximum atomic E-state index is 7.22. The van der Waals surface area contributed by atoms with Crippen LogP contribution in [0.1, 0.15) is 0 Å². The standard InChI is InChI=1S/C98H64N2O2/c1-9-25-65(26-10-1)73-43-50-90(84(57-73)69-33-17-5-18-34-69)99(91-51-44-74(66-27-11-2-12-28-66)58-85(91)70-35-19-6-20-36-70)81-47-41-77-61-88-83-49-54-94-97(98(83)102-95(88)63-79(77)55-81)89-62-78-42-48-82(56-80(78)64-96(89)101-94)100(92-52-45-75(67-29-13-3-14-30-67)59-86(92)71-37-21-7-22-38-71)93-53-46-76(68-31-15-4-16-32-68)60-87(93)72-39-23-8-24-40-72/h1-64H. The van der Waals surface area contributed by atoms with Crippen LogP contribution >= 0.6 is 0 Å². The van der Waals surface area contributed by atoms with E-state index in [1.807, 2.05) is 0 Å². The van der Waals surface area contributed by atoms with Crippen molar-refractivity contribution >= 4 is 99.5 Å². The Hall–Kier alpha value is -13.5. The van der Waals surface area contributed by atoms with Gasteiger partial charge in [0.1, 0.15) is 22.3 Å². The van der Waals surface area contributed by atoms with E-state index in [-0.39, 0.29) is 0 Å². The molecule has 0 saturated carbocycles. The summed E-state index contributed by atoms with van der Waals surface area (Å²) in [5.74, 6) is 0. The van der Waals surface area contributed by atoms with Crippen LogP contribution in [-0.4, -0.2) is 0 Å². The average molecular weight is 1300 g/mol. The van der Waals surface area contributed by atoms with Crippen molar-refractivity contribution in [2.75, 3.05) is 9.80 Å². The molecule has 17 aromatic carbocycles. The number of fused-ring (bicyclic) bond motifs is 9. The van der Waals surface area contributed by atoms with Crippen LogP contribution in [0.25, 0.3) is 154 Å². The molecule has 0 radical (unpaired) electrons. The van der Waals surface area contributed by atoms with Gasteiger partial charge in [-0.25, -0.2) is 0 Å². The van der Waals surface area contributed by atoms with Gasteiger partial charge in [-0.3, -0.25) is 0 Å². The molecule has 0 N–H and O–H groups in total. The second-order valence-corrected chi connectivity index (χ2v) is 26.3. The molecule has 0 fully saturated rings. The third-order valence-electron chi connectivity index (χ3n) is 20.2. The molecule has 19 aromatic rings. The van der Waals surface area contributed by atoms with Gasteiger partial charge in [0.2, 0.25) is 0 Å². The lowest BCUT2D eigenvalue weighted by Gasteiger charge is -2.31. The van der Waals surface area contributed by atoms with E-state index in [0.29, 0.717) is 0 Å². The topological polar surface area (TPSA) is 32.8 Å². The molecule has 0 bridgehead atoms. The normalized spacial score (nSPS) is 11.5. The second-order valence-electron chi connectivity index (χ2n) is 26.3. The van der Waals surface area contributed by atoms with Crippen molar-refractivity contribution in [3.63, 3.8) is 0 Å². The van der Waals surface area contributed by atoms with E-state index in [2.05, 4.69) is 398 Å². The highest BCUT2D eigenvalue weighted by Crippen LogP contribution is 2.51. The fourth-order valence-electron chi connectivity index (χ4n) is 15.2. The largest absolute Gasteiger partial charge is 0.456 e. The molecular weight excluding hydrogens is 1240 g/mol. The summed E-state index contributed by atoms with van der Waals surface area (Å²) < 4.78 is 14.2. The van der Waals surface area contributed by atoms with Gasteiger partial charge in [-0.2, -0.15) is 0 Å². The van der Waals surface area contributed by atoms with Crippen LogP contribution in [0.2, 0.25) is 0 Å². The molecule has 102 heavy (non-hydrogen) atoms. The van der Waals surface area contributed by atoms with Gasteiger partial charge in [0.05, 0.1) is 28.1 Å². The van der Waals surface area contributed by atoms with Crippen molar-refractivity contribution < 1.29 is 8.83 Å². The predicted octanol–water partition coefficient (Wildman–Crippen LogP) is 28.1. The zero-order chi connectivity index (χ0) is 67.5. The van der Waals surface area contributed by atoms with E-state index in [1.165, 1.54) is 0 Å². The Balaban J connectivity index is 0.765. The van der Waals surface area contributed by atoms with Gasteiger partial charge in [0.15, 0.2) is 0 Å². The number of hydrogen-bond acceptors (Lipinski definition) is 4. The Morgan fingerprint density at radius 2 is 0.480 bits per heavy atom. The molecule has 0 unspecified atom stereocenters. The molecule has 0 aliphatic rings. The van der Waals surface area contributed by atoms with Crippen molar-refractivity contribution in [1.82, 2.24) is 0 Å². The quantitative estimate of drug-likeness (QED) is 0.109. The summed E-state index contributed by atoms with van der Waals surface area (Å²) in [4.78, 5) is 4.91. The Labute approximate surface area is 591 Å². The number of hydrogen-bond donors (Lipinski definition) is 0. The Morgan fingerprint density at radius 1 is 0.176 bits per heavy atom. The summed E-state index contributed by atoms with van der Waals surface area (Å²) in [6.45, 7) is 0. The van der Waals surface area contributed by atoms with Gasteiger partial charge in [-0.1, -0.05) is 279 Å². The van der Waals surface area contributed by atoms with Crippen LogP contribution in [0.5, 0.6) is 0 Å². The van der Waals surface area contributed by atoms with Gasteiger partial charge < -0.3 is 18.6 Å². The lowest BCUT2D eigenvalue weighted by molar-refractivity contribution is 0.663. The van der Waals surface area contributed by atoms with Gasteiger partial charge in [0.25, 0.3) is 0 Å². The van der Waals surface area contributed by atoms with Crippen molar-refractivity contribution in [2.45, 2.75) is 0 Å². The van der Waals surface area contributed by atoms with E-state index < -0.39 is 0 Å². The number of anilines is 6. The van der Waals surface area contributed by atoms with E-state index in [1.54, 1.807) is 0 Å². The molecule has 0 amide bonds. The van der Waals surface area contributed by atoms with Crippen molar-refractivity contribution in [3.05, 3.63) is 388 Å². The third kappa shape index (κ3) is 10.8. The molecule has 2 aromatic heterocycles. The lowest BCUT2D eigenvalue weighted by Crippen LogP contribution is -2.13. The highest BCUT2D eigenvalue weighted by atomic mass is 16.3. The molecule has 0 atom stereocenters. The van der Waals surface area contributed by atoms with Crippen LogP contribution < -0.4 is 9.80 Å². The molecule has 0 aliphatic heterocycles. The minimum atomic E-state index is 0.771. The molecule has 0 saturated heterocycles. The summed E-state index contributed by atoms with van der Waals surface area (Å²) >= 11 is 0. The lowest BCUT2D eigenvalue weighted by atomic mass is 9.93. The highest BCUT2D eigenvalue weighted by Gasteiger charge is 2.27. The summed E-state index contributed by atoms with van der Waals surface area (Å²) in [7, 11) is 0. The zero-order valence-electron chi connectivity index (χ0n) is 55.7. The SMILES string of the molecule is c1ccc(-c2ccc(N(c3ccc4cc5c(cc4c3)oc3c5ccc4oc5cc6cc(N(c7ccc(-c8ccccc8)cc7-c7ccccc7)c7ccc(-c8ccccc8)cc7-c7ccccc7)ccc6cc5c43)c3ccc(-c4ccccc4)cc3-c3ccccc3)c(-c3ccccc3)c2)cc1. The third-order valence-corrected chi connectivity index (χ3v) is 20.2. The second kappa shape index (κ2) is 25.4. The molecule has 478 valence electrons. The van der Waals surface area contributed by atoms with Crippen molar-refractivity contribution in [3.8, 4) is 89.0 Å². The van der Waals surface area contributed by atoms with Crippen LogP contribution in [0.4, 0.5) is 34.1 Å². The molecule has 4 nitrogen and oxygen atoms in total. The number of nitrogens with zero attached hydrogens (tertiary/aromatic N) is 2. The summed E-state index contributed by atoms with van der Waals surface area (Å²) in [5.41, 5.74) is 27.6. The first kappa shape index (κ1) is 59.7. The first-order chi connectivity index (χ1) is 50.5. The maximum Gasteiger partial charge on any atom is 0.147 e. The molecule has 4 heteroatoms. The molecule has 19 rings (SSSR count). The first-order valence-electron chi connectivity index (χ1n) is 34.8. The van der Waals surface area contributed by atoms with Gasteiger partial charge in [-0.15, -0.1) is 0 Å². The van der Waals surface area contributed by atoms with Crippen LogP contribution in [0, 0.1) is 0 Å². The van der Waals surface area contributed by atoms with Crippen LogP contribution in [0.15, 0.2) is 397 Å². The van der Waals surface area contributed by atoms with Crippen LogP contribution in [-0.2, 0) is 0 Å². The smallest absolute Gasteiger partial charge is 0.147 e. The molecule has 2 heterocycles. The number of rotatable bonds is 14. The van der Waals surface area contributed by atoms with E-state index >= 15 is 0 Å². The fraction of sp³-hybridized carbons (Fsp3) is 0. The predicted molar refractivity (Wildman–Crippen MR) is 429 cm³/mol. The summed E-state index contributed by atoms with van der Waals surface area (Å²) in [6, 6.07) is 141. The molecule has 0 aliphatic carbocycles. The summed E-state index contributed by atoms with van der Waals surface area (Å²) in [5, 5.41) is 8.35. The maximum absolute atomic E-state index is 7.22. The van der Waals surface area contributed by atoms with Crippen molar-refractivity contribution in [2.24, 2.45) is 0 Å². The van der Waals surface area contributed by atoms with E-state index in [0.717, 1.165) is 189 Å². The number of benzene rings is 17. The fourth-order valence-corrected chi connectivity index (χ4v) is 15.2. The van der Waals surface area contributed by atoms with E-state index in [4.69, 9.17) is 8.83 Å². The van der Waals surface area contributed by atoms with Gasteiger partial charge in [0, 0.05) is 49.8 Å². The van der Waals surface area contributed by atoms with Crippen molar-refractivity contribution in [1.29, 1.82) is 0 Å². The van der Waals surface area contributed by atoms with Gasteiger partial charge >= 0.3 is 0 Å².